The van der Waals surface area contributed by atoms with Gasteiger partial charge < -0.3 is 4.90 Å². The van der Waals surface area contributed by atoms with E-state index in [1.54, 1.807) is 10.6 Å². The van der Waals surface area contributed by atoms with Crippen LogP contribution < -0.4 is 26.8 Å². The molecule has 0 radical (unpaired) electrons. The Labute approximate surface area is 504 Å². The molecule has 0 atom stereocenters. The Morgan fingerprint density at radius 2 is 0.409 bits per heavy atom. The molecule has 0 aliphatic carbocycles. The summed E-state index contributed by atoms with van der Waals surface area (Å²) in [7, 11) is 0. The summed E-state index contributed by atoms with van der Waals surface area (Å²) < 4.78 is 294. The van der Waals surface area contributed by atoms with Crippen molar-refractivity contribution < 1.29 is 92.7 Å². The number of benzene rings is 5. The van der Waals surface area contributed by atoms with Gasteiger partial charge in [0.2, 0.25) is 0 Å². The molecule has 0 bridgehead atoms. The van der Waals surface area contributed by atoms with Gasteiger partial charge in [0.15, 0.2) is 69.8 Å². The highest BCUT2D eigenvalue weighted by atomic mass is 19.2. The average molecular weight is 1280 g/mol. The second-order valence-electron chi connectivity index (χ2n) is 22.9. The van der Waals surface area contributed by atoms with Crippen molar-refractivity contribution in [3.63, 3.8) is 0 Å². The van der Waals surface area contributed by atoms with Crippen molar-refractivity contribution >= 4 is 33.7 Å². The van der Waals surface area contributed by atoms with E-state index in [4.69, 9.17) is 0 Å². The lowest BCUT2D eigenvalue weighted by molar-refractivity contribution is -0.833. The Morgan fingerprint density at radius 3 is 0.614 bits per heavy atom. The normalized spacial score (nSPS) is 11.8. The van der Waals surface area contributed by atoms with E-state index in [1.165, 1.54) is 218 Å². The first-order valence-electron chi connectivity index (χ1n) is 31.2. The average Bonchev–Trinajstić information content (AvgIpc) is 0.700. The number of aryl methyl sites for hydroxylation is 1. The fraction of sp³-hybridized carbons (Fsp3) is 0.545. The first kappa shape index (κ1) is 75.2. The van der Waals surface area contributed by atoms with Crippen molar-refractivity contribution in [2.45, 2.75) is 220 Å². The minimum atomic E-state index is -7.22. The standard InChI is InChI=1S/C42H79N.C24BF20/c1-4-7-10-12-14-16-18-20-22-24-26-28-30-32-39-43(42-37-35-41(36-38-42)34-9-6-3)40-33-31-29-27-25-23-21-19-17-15-13-11-8-5-2;26-5-1(6(27)14(35)21(42)13(5)34)25(2-7(28)15(36)22(43)16(37)8(2)29,3-9(30)17(38)23(44)18(39)10(3)31)4-11(32)19(40)24(45)20(41)12(4)33/h35-38H,4-34,39-40H2,1-3H3;/q;-1/p+1. The summed E-state index contributed by atoms with van der Waals surface area (Å²) >= 11 is 0. The van der Waals surface area contributed by atoms with E-state index < -0.39 is 144 Å². The van der Waals surface area contributed by atoms with Gasteiger partial charge in [0.1, 0.15) is 58.4 Å². The minimum absolute atomic E-state index is 1.24. The van der Waals surface area contributed by atoms with Crippen LogP contribution in [0.3, 0.4) is 0 Å². The van der Waals surface area contributed by atoms with Gasteiger partial charge in [-0.05, 0) is 56.2 Å². The van der Waals surface area contributed by atoms with Crippen LogP contribution >= 0.6 is 0 Å². The third-order valence-corrected chi connectivity index (χ3v) is 16.6. The first-order chi connectivity index (χ1) is 42.0. The highest BCUT2D eigenvalue weighted by Crippen LogP contribution is 2.31. The molecule has 5 aromatic rings. The zero-order valence-electron chi connectivity index (χ0n) is 50.3. The van der Waals surface area contributed by atoms with Crippen LogP contribution in [0.1, 0.15) is 219 Å². The Bertz CT molecular complexity index is 2560. The van der Waals surface area contributed by atoms with Crippen molar-refractivity contribution in [3.8, 4) is 0 Å². The van der Waals surface area contributed by atoms with Crippen LogP contribution in [-0.4, -0.2) is 19.2 Å². The van der Waals surface area contributed by atoms with Gasteiger partial charge in [0.05, 0.1) is 13.1 Å². The van der Waals surface area contributed by atoms with E-state index in [2.05, 4.69) is 45.0 Å². The summed E-state index contributed by atoms with van der Waals surface area (Å²) in [6, 6.07) is 9.74. The number of nitrogens with one attached hydrogen (secondary N) is 1. The molecule has 5 aromatic carbocycles. The predicted octanol–water partition coefficient (Wildman–Crippen LogP) is 19.4. The molecule has 88 heavy (non-hydrogen) atoms. The summed E-state index contributed by atoms with van der Waals surface area (Å²) in [5.41, 5.74) is -11.3. The van der Waals surface area contributed by atoms with Gasteiger partial charge in [-0.25, -0.2) is 87.8 Å². The van der Waals surface area contributed by atoms with Crippen molar-refractivity contribution in [2.24, 2.45) is 0 Å². The largest absolute Gasteiger partial charge is 0.302 e. The molecule has 1 nitrogen and oxygen atoms in total. The van der Waals surface area contributed by atoms with Crippen molar-refractivity contribution in [3.05, 3.63) is 146 Å². The molecular weight excluding hydrogens is 1200 g/mol. The molecule has 0 aliphatic rings. The molecule has 22 heteroatoms. The topological polar surface area (TPSA) is 4.44 Å². The molecule has 0 spiro atoms. The molecule has 5 rings (SSSR count). The Hall–Kier alpha value is -5.28. The van der Waals surface area contributed by atoms with Gasteiger partial charge >= 0.3 is 0 Å². The summed E-state index contributed by atoms with van der Waals surface area (Å²) in [5, 5.41) is 0. The maximum absolute atomic E-state index is 15.4. The number of unbranched alkanes of at least 4 members (excludes halogenated alkanes) is 27. The van der Waals surface area contributed by atoms with Crippen LogP contribution in [0.2, 0.25) is 0 Å². The molecule has 0 amide bonds. The quantitative estimate of drug-likeness (QED) is 0.0132. The first-order valence-corrected chi connectivity index (χ1v) is 31.2. The Kier molecular flexibility index (Phi) is 32.3. The van der Waals surface area contributed by atoms with Gasteiger partial charge in [0.25, 0.3) is 0 Å². The van der Waals surface area contributed by atoms with Crippen LogP contribution in [0.15, 0.2) is 24.3 Å². The number of hydrogen-bond acceptors (Lipinski definition) is 0. The summed E-state index contributed by atoms with van der Waals surface area (Å²) in [4.78, 5) is 1.75. The molecule has 0 unspecified atom stereocenters. The minimum Gasteiger partial charge on any atom is -0.302 e. The third-order valence-electron chi connectivity index (χ3n) is 16.6. The van der Waals surface area contributed by atoms with Gasteiger partial charge in [-0.15, -0.1) is 21.9 Å². The van der Waals surface area contributed by atoms with Crippen LogP contribution in [0.4, 0.5) is 93.5 Å². The van der Waals surface area contributed by atoms with E-state index in [0.717, 1.165) is 0 Å². The monoisotopic (exact) mass is 1280 g/mol. The molecule has 0 aliphatic heterocycles. The second kappa shape index (κ2) is 37.8. The maximum Gasteiger partial charge on any atom is 0.200 e. The molecule has 1 N–H and O–H groups in total. The third kappa shape index (κ3) is 18.9. The van der Waals surface area contributed by atoms with E-state index in [9.17, 15) is 52.7 Å². The lowest BCUT2D eigenvalue weighted by Crippen LogP contribution is -3.07. The van der Waals surface area contributed by atoms with Gasteiger partial charge in [-0.1, -0.05) is 193 Å². The van der Waals surface area contributed by atoms with Gasteiger partial charge in [-0.2, -0.15) is 0 Å². The number of quaternary nitrogens is 1. The Morgan fingerprint density at radius 1 is 0.227 bits per heavy atom. The number of halogens is 20. The maximum atomic E-state index is 15.4. The lowest BCUT2D eigenvalue weighted by Gasteiger charge is -2.44. The van der Waals surface area contributed by atoms with E-state index in [1.807, 2.05) is 0 Å². The van der Waals surface area contributed by atoms with Crippen molar-refractivity contribution in [1.29, 1.82) is 0 Å². The summed E-state index contributed by atoms with van der Waals surface area (Å²) in [6.07, 6.45) is 37.2. The SMILES string of the molecule is CCCCCCCCCCCCCCCC[NH+](CCCCCCCCCCCCCCCC)c1ccc(CCCC)cc1.Fc1c(F)c(F)c([B-](c2c(F)c(F)c(F)c(F)c2F)(c2c(F)c(F)c(F)c(F)c2F)c2c(F)c(F)c(F)c(F)c2F)c(F)c1F. The number of hydrogen-bond donors (Lipinski definition) is 1. The fourth-order valence-corrected chi connectivity index (χ4v) is 11.6. The Balaban J connectivity index is 0.000000377. The second-order valence-corrected chi connectivity index (χ2v) is 22.9. The van der Waals surface area contributed by atoms with E-state index in [-0.39, 0.29) is 0 Å². The van der Waals surface area contributed by atoms with E-state index in [0.29, 0.717) is 0 Å². The summed E-state index contributed by atoms with van der Waals surface area (Å²) in [6.45, 7) is 9.57. The lowest BCUT2D eigenvalue weighted by atomic mass is 9.12. The zero-order chi connectivity index (χ0) is 65.3. The highest BCUT2D eigenvalue weighted by Gasteiger charge is 2.52. The molecule has 0 saturated heterocycles. The molecule has 0 fully saturated rings. The molecule has 492 valence electrons. The highest BCUT2D eigenvalue weighted by molar-refractivity contribution is 7.20. The van der Waals surface area contributed by atoms with Crippen LogP contribution in [0.25, 0.3) is 0 Å². The summed E-state index contributed by atoms with van der Waals surface area (Å²) in [5.74, 6) is -71.4. The smallest absolute Gasteiger partial charge is 0.200 e. The van der Waals surface area contributed by atoms with Gasteiger partial charge in [-0.3, -0.25) is 0 Å². The zero-order valence-corrected chi connectivity index (χ0v) is 50.3. The fourth-order valence-electron chi connectivity index (χ4n) is 11.6. The van der Waals surface area contributed by atoms with Crippen LogP contribution in [-0.2, 0) is 6.42 Å². The van der Waals surface area contributed by atoms with Crippen molar-refractivity contribution in [2.75, 3.05) is 13.1 Å². The predicted molar refractivity (Wildman–Crippen MR) is 305 cm³/mol. The van der Waals surface area contributed by atoms with E-state index >= 15 is 35.1 Å². The molecule has 0 aromatic heterocycles. The molecule has 0 saturated carbocycles. The van der Waals surface area contributed by atoms with Crippen LogP contribution in [0, 0.1) is 116 Å². The molecule has 0 heterocycles. The number of rotatable bonds is 38. The van der Waals surface area contributed by atoms with Crippen molar-refractivity contribution in [1.82, 2.24) is 0 Å². The molecular formula is C66H80BF20N. The van der Waals surface area contributed by atoms with Gasteiger partial charge in [0, 0.05) is 0 Å². The van der Waals surface area contributed by atoms with Crippen LogP contribution in [0.5, 0.6) is 0 Å².